The molecule has 1 atom stereocenters. The van der Waals surface area contributed by atoms with Gasteiger partial charge in [0.15, 0.2) is 5.13 Å². The van der Waals surface area contributed by atoms with Crippen LogP contribution in [0.2, 0.25) is 0 Å². The van der Waals surface area contributed by atoms with Crippen molar-refractivity contribution in [2.45, 2.75) is 45.0 Å². The van der Waals surface area contributed by atoms with E-state index in [0.29, 0.717) is 21.1 Å². The van der Waals surface area contributed by atoms with Crippen LogP contribution in [0.1, 0.15) is 31.9 Å². The minimum Gasteiger partial charge on any atom is -0.444 e. The number of hydrogen-bond donors (Lipinski definition) is 2. The summed E-state index contributed by atoms with van der Waals surface area (Å²) in [6, 6.07) is 8.44. The fourth-order valence-corrected chi connectivity index (χ4v) is 4.03. The Labute approximate surface area is 210 Å². The number of carbonyl (C=O) groups is 1. The normalized spacial score (nSPS) is 12.5. The molecule has 0 radical (unpaired) electrons. The van der Waals surface area contributed by atoms with Gasteiger partial charge in [0.05, 0.1) is 23.1 Å². The molecule has 0 aliphatic carbocycles. The molecule has 0 aliphatic heterocycles. The number of ether oxygens (including phenoxy) is 1. The summed E-state index contributed by atoms with van der Waals surface area (Å²) in [7, 11) is 0. The number of alkyl carbamates (subject to hydrolysis) is 1. The zero-order valence-electron chi connectivity index (χ0n) is 19.7. The van der Waals surface area contributed by atoms with Gasteiger partial charge in [-0.3, -0.25) is 0 Å². The van der Waals surface area contributed by atoms with Gasteiger partial charge in [0.2, 0.25) is 5.69 Å². The van der Waals surface area contributed by atoms with Crippen molar-refractivity contribution >= 4 is 28.2 Å². The van der Waals surface area contributed by atoms with Crippen LogP contribution < -0.4 is 10.6 Å². The number of anilines is 1. The maximum atomic E-state index is 13.6. The van der Waals surface area contributed by atoms with E-state index in [0.717, 1.165) is 12.1 Å². The third-order valence-electron chi connectivity index (χ3n) is 4.84. The molecule has 0 aliphatic rings. The third-order valence-corrected chi connectivity index (χ3v) is 5.84. The lowest BCUT2D eigenvalue weighted by atomic mass is 10.0. The molecule has 36 heavy (non-hydrogen) atoms. The lowest BCUT2D eigenvalue weighted by molar-refractivity contribution is -0.137. The third kappa shape index (κ3) is 7.68. The molecular formula is C25H24F4N4O2S. The second-order valence-electron chi connectivity index (χ2n) is 8.93. The van der Waals surface area contributed by atoms with E-state index in [9.17, 15) is 22.4 Å². The average Bonchev–Trinajstić information content (AvgIpc) is 3.25. The minimum atomic E-state index is -4.43. The number of nitrogens with zero attached hydrogens (tertiary/aromatic N) is 2. The van der Waals surface area contributed by atoms with Crippen molar-refractivity contribution in [2.24, 2.45) is 0 Å². The van der Waals surface area contributed by atoms with E-state index < -0.39 is 35.3 Å². The molecule has 0 unspecified atom stereocenters. The topological polar surface area (TPSA) is 67.6 Å². The van der Waals surface area contributed by atoms with Crippen LogP contribution in [-0.2, 0) is 17.3 Å². The Morgan fingerprint density at radius 3 is 2.47 bits per heavy atom. The number of alkyl halides is 3. The van der Waals surface area contributed by atoms with Crippen molar-refractivity contribution in [3.8, 4) is 10.4 Å². The van der Waals surface area contributed by atoms with Crippen molar-refractivity contribution in [3.63, 3.8) is 0 Å². The Balaban J connectivity index is 1.72. The highest BCUT2D eigenvalue weighted by molar-refractivity contribution is 7.18. The molecular weight excluding hydrogens is 496 g/mol. The number of amides is 1. The Kier molecular flexibility index (Phi) is 8.20. The monoisotopic (exact) mass is 520 g/mol. The van der Waals surface area contributed by atoms with Crippen LogP contribution in [0.4, 0.5) is 33.2 Å². The summed E-state index contributed by atoms with van der Waals surface area (Å²) in [5, 5.41) is 6.39. The van der Waals surface area contributed by atoms with Gasteiger partial charge in [-0.05, 0) is 62.6 Å². The second kappa shape index (κ2) is 11.0. The maximum Gasteiger partial charge on any atom is 0.416 e. The molecule has 6 nitrogen and oxygen atoms in total. The summed E-state index contributed by atoms with van der Waals surface area (Å²) < 4.78 is 57.6. The Bertz CT molecular complexity index is 1240. The lowest BCUT2D eigenvalue weighted by Crippen LogP contribution is -2.43. The van der Waals surface area contributed by atoms with Gasteiger partial charge in [0, 0.05) is 12.7 Å². The summed E-state index contributed by atoms with van der Waals surface area (Å²) in [6.07, 6.45) is -3.26. The number of rotatable bonds is 7. The van der Waals surface area contributed by atoms with E-state index in [1.165, 1.54) is 35.6 Å². The van der Waals surface area contributed by atoms with Crippen LogP contribution in [0.25, 0.3) is 15.3 Å². The van der Waals surface area contributed by atoms with E-state index >= 15 is 0 Å². The molecule has 1 heterocycles. The van der Waals surface area contributed by atoms with Crippen molar-refractivity contribution in [1.29, 1.82) is 0 Å². The summed E-state index contributed by atoms with van der Waals surface area (Å²) in [5.74, 6) is -0.601. The molecule has 3 aromatic rings. The number of thiazole rings is 1. The predicted octanol–water partition coefficient (Wildman–Crippen LogP) is 7.07. The number of aromatic nitrogens is 1. The van der Waals surface area contributed by atoms with Crippen molar-refractivity contribution in [2.75, 3.05) is 11.9 Å². The number of carbonyl (C=O) groups excluding carboxylic acids is 1. The van der Waals surface area contributed by atoms with E-state index in [-0.39, 0.29) is 18.7 Å². The van der Waals surface area contributed by atoms with Crippen molar-refractivity contribution in [1.82, 2.24) is 10.3 Å². The van der Waals surface area contributed by atoms with Gasteiger partial charge in [-0.15, -0.1) is 0 Å². The number of benzene rings is 2. The van der Waals surface area contributed by atoms with Gasteiger partial charge in [-0.2, -0.15) is 13.2 Å². The summed E-state index contributed by atoms with van der Waals surface area (Å²) >= 11 is 1.28. The first-order valence-electron chi connectivity index (χ1n) is 10.9. The molecule has 1 amide bonds. The molecule has 0 saturated carbocycles. The molecule has 0 spiro atoms. The molecule has 190 valence electrons. The SMILES string of the molecule is [C-]#[N+]c1cc(-c2cnc(NC[C@H](Cc3ccc(C(F)(F)F)cc3)NC(=O)OC(C)(C)C)s2)ccc1F. The molecule has 2 N–H and O–H groups in total. The molecule has 3 rings (SSSR count). The zero-order chi connectivity index (χ0) is 26.5. The summed E-state index contributed by atoms with van der Waals surface area (Å²) in [5.41, 5.74) is -0.322. The fraction of sp³-hybridized carbons (Fsp3) is 0.320. The molecule has 1 aromatic heterocycles. The van der Waals surface area contributed by atoms with Gasteiger partial charge >= 0.3 is 12.3 Å². The highest BCUT2D eigenvalue weighted by Crippen LogP contribution is 2.32. The Morgan fingerprint density at radius 1 is 1.17 bits per heavy atom. The van der Waals surface area contributed by atoms with Crippen LogP contribution in [-0.4, -0.2) is 29.3 Å². The van der Waals surface area contributed by atoms with Crippen molar-refractivity contribution in [3.05, 3.63) is 77.0 Å². The van der Waals surface area contributed by atoms with Crippen molar-refractivity contribution < 1.29 is 27.1 Å². The maximum absolute atomic E-state index is 13.6. The number of nitrogens with one attached hydrogen (secondary N) is 2. The van der Waals surface area contributed by atoms with E-state index in [1.54, 1.807) is 33.0 Å². The van der Waals surface area contributed by atoms with Crippen LogP contribution >= 0.6 is 11.3 Å². The zero-order valence-corrected chi connectivity index (χ0v) is 20.6. The molecule has 11 heteroatoms. The minimum absolute atomic E-state index is 0.0893. The summed E-state index contributed by atoms with van der Waals surface area (Å²) in [4.78, 5) is 20.5. The van der Waals surface area contributed by atoms with Crippen LogP contribution in [0, 0.1) is 12.4 Å². The molecule has 0 bridgehead atoms. The molecule has 0 saturated heterocycles. The first kappa shape index (κ1) is 26.9. The van der Waals surface area contributed by atoms with E-state index in [1.807, 2.05) is 0 Å². The first-order chi connectivity index (χ1) is 16.8. The van der Waals surface area contributed by atoms with Gasteiger partial charge in [0.1, 0.15) is 11.4 Å². The summed E-state index contributed by atoms with van der Waals surface area (Å²) in [6.45, 7) is 12.5. The quantitative estimate of drug-likeness (QED) is 0.258. The van der Waals surface area contributed by atoms with Crippen LogP contribution in [0.15, 0.2) is 48.7 Å². The average molecular weight is 521 g/mol. The lowest BCUT2D eigenvalue weighted by Gasteiger charge is -2.24. The predicted molar refractivity (Wildman–Crippen MR) is 131 cm³/mol. The van der Waals surface area contributed by atoms with Gasteiger partial charge < -0.3 is 15.4 Å². The molecule has 2 aromatic carbocycles. The second-order valence-corrected chi connectivity index (χ2v) is 9.96. The van der Waals surface area contributed by atoms with Crippen LogP contribution in [0.5, 0.6) is 0 Å². The van der Waals surface area contributed by atoms with E-state index in [4.69, 9.17) is 11.3 Å². The van der Waals surface area contributed by atoms with Gasteiger partial charge in [-0.1, -0.05) is 29.5 Å². The Hall–Kier alpha value is -3.65. The van der Waals surface area contributed by atoms with Gasteiger partial charge in [-0.25, -0.2) is 19.0 Å². The smallest absolute Gasteiger partial charge is 0.416 e. The standard InChI is InChI=1S/C25H24F4N4O2S/c1-24(2,3)35-23(34)33-18(11-15-5-8-17(9-6-15)25(27,28)29)13-31-22-32-14-21(36-22)16-7-10-19(26)20(12-16)30-4/h5-10,12,14,18H,11,13H2,1-3H3,(H,31,32)(H,33,34)/t18-/m0/s1. The number of halogens is 4. The van der Waals surface area contributed by atoms with Gasteiger partial charge in [0.25, 0.3) is 0 Å². The highest BCUT2D eigenvalue weighted by atomic mass is 32.1. The largest absolute Gasteiger partial charge is 0.444 e. The van der Waals surface area contributed by atoms with E-state index in [2.05, 4.69) is 20.5 Å². The Morgan fingerprint density at radius 2 is 1.86 bits per heavy atom. The van der Waals surface area contributed by atoms with Crippen LogP contribution in [0.3, 0.4) is 0 Å². The molecule has 0 fully saturated rings. The highest BCUT2D eigenvalue weighted by Gasteiger charge is 2.30. The fourth-order valence-electron chi connectivity index (χ4n) is 3.21. The first-order valence-corrected chi connectivity index (χ1v) is 11.7. The number of hydrogen-bond acceptors (Lipinski definition) is 5.